The maximum Gasteiger partial charge on any atom is 0.228 e. The van der Waals surface area contributed by atoms with E-state index in [-0.39, 0.29) is 6.16 Å². The predicted molar refractivity (Wildman–Crippen MR) is 45.8 cm³/mol. The van der Waals surface area contributed by atoms with E-state index in [0.717, 1.165) is 0 Å². The SMILES string of the molecule is CCP(=O)(O)C(O)C(C)(C)C. The molecule has 0 aromatic rings. The molecule has 3 nitrogen and oxygen atoms in total. The van der Waals surface area contributed by atoms with Gasteiger partial charge in [0.15, 0.2) is 0 Å². The molecule has 0 aromatic carbocycles. The first-order valence-electron chi connectivity index (χ1n) is 3.71. The molecular weight excluding hydrogens is 163 g/mol. The van der Waals surface area contributed by atoms with Crippen molar-refractivity contribution in [2.45, 2.75) is 33.5 Å². The van der Waals surface area contributed by atoms with Crippen molar-refractivity contribution in [1.82, 2.24) is 0 Å². The first kappa shape index (κ1) is 11.2. The van der Waals surface area contributed by atoms with Crippen LogP contribution in [0.2, 0.25) is 0 Å². The molecule has 0 aliphatic heterocycles. The first-order valence-corrected chi connectivity index (χ1v) is 5.62. The van der Waals surface area contributed by atoms with Gasteiger partial charge < -0.3 is 10.00 Å². The summed E-state index contributed by atoms with van der Waals surface area (Å²) in [6, 6.07) is 0. The van der Waals surface area contributed by atoms with Crippen LogP contribution in [0.4, 0.5) is 0 Å². The van der Waals surface area contributed by atoms with E-state index in [0.29, 0.717) is 0 Å². The van der Waals surface area contributed by atoms with Crippen molar-refractivity contribution in [3.05, 3.63) is 0 Å². The zero-order valence-electron chi connectivity index (χ0n) is 7.53. The maximum absolute atomic E-state index is 11.2. The average molecular weight is 180 g/mol. The topological polar surface area (TPSA) is 57.5 Å². The summed E-state index contributed by atoms with van der Waals surface area (Å²) >= 11 is 0. The summed E-state index contributed by atoms with van der Waals surface area (Å²) in [6.45, 7) is 6.85. The van der Waals surface area contributed by atoms with E-state index in [1.807, 2.05) is 0 Å². The Morgan fingerprint density at radius 3 is 1.91 bits per heavy atom. The van der Waals surface area contributed by atoms with Gasteiger partial charge in [-0.05, 0) is 5.41 Å². The normalized spacial score (nSPS) is 20.9. The number of rotatable bonds is 2. The minimum absolute atomic E-state index is 0.130. The molecule has 0 bridgehead atoms. The highest BCUT2D eigenvalue weighted by Gasteiger charge is 2.36. The molecule has 2 N–H and O–H groups in total. The van der Waals surface area contributed by atoms with Crippen LogP contribution in [0.1, 0.15) is 27.7 Å². The second-order valence-electron chi connectivity index (χ2n) is 3.81. The van der Waals surface area contributed by atoms with Gasteiger partial charge in [-0.1, -0.05) is 27.7 Å². The van der Waals surface area contributed by atoms with E-state index in [1.54, 1.807) is 27.7 Å². The predicted octanol–water partition coefficient (Wildman–Crippen LogP) is 1.64. The van der Waals surface area contributed by atoms with Gasteiger partial charge in [-0.3, -0.25) is 4.57 Å². The lowest BCUT2D eigenvalue weighted by molar-refractivity contribution is 0.119. The van der Waals surface area contributed by atoms with E-state index in [9.17, 15) is 14.6 Å². The van der Waals surface area contributed by atoms with Crippen LogP contribution in [-0.4, -0.2) is 22.0 Å². The molecule has 0 heterocycles. The fourth-order valence-electron chi connectivity index (χ4n) is 0.778. The van der Waals surface area contributed by atoms with Crippen LogP contribution >= 0.6 is 7.37 Å². The Labute approximate surface area is 67.9 Å². The molecular formula is C7H17O3P. The molecule has 68 valence electrons. The Bertz CT molecular complexity index is 171. The molecule has 0 rings (SSSR count). The number of aliphatic hydroxyl groups excluding tert-OH is 1. The lowest BCUT2D eigenvalue weighted by Gasteiger charge is -2.28. The molecule has 0 aliphatic carbocycles. The van der Waals surface area contributed by atoms with Crippen molar-refractivity contribution in [1.29, 1.82) is 0 Å². The van der Waals surface area contributed by atoms with Gasteiger partial charge in [0.05, 0.1) is 0 Å². The van der Waals surface area contributed by atoms with Gasteiger partial charge in [0.2, 0.25) is 7.37 Å². The number of aliphatic hydroxyl groups is 1. The van der Waals surface area contributed by atoms with E-state index in [2.05, 4.69) is 0 Å². The first-order chi connectivity index (χ1) is 4.72. The van der Waals surface area contributed by atoms with Gasteiger partial charge in [-0.2, -0.15) is 0 Å². The Morgan fingerprint density at radius 2 is 1.82 bits per heavy atom. The summed E-state index contributed by atoms with van der Waals surface area (Å²) in [7, 11) is -3.33. The Morgan fingerprint density at radius 1 is 1.45 bits per heavy atom. The van der Waals surface area contributed by atoms with Gasteiger partial charge >= 0.3 is 0 Å². The molecule has 0 fully saturated rings. The summed E-state index contributed by atoms with van der Waals surface area (Å²) in [4.78, 5) is 9.23. The molecule has 0 amide bonds. The Balaban J connectivity index is 4.49. The van der Waals surface area contributed by atoms with Crippen molar-refractivity contribution >= 4 is 7.37 Å². The van der Waals surface area contributed by atoms with E-state index >= 15 is 0 Å². The summed E-state index contributed by atoms with van der Waals surface area (Å²) in [6.07, 6.45) is 0.130. The zero-order chi connectivity index (χ0) is 9.28. The quantitative estimate of drug-likeness (QED) is 0.635. The Hall–Kier alpha value is 0.150. The van der Waals surface area contributed by atoms with E-state index in [4.69, 9.17) is 0 Å². The molecule has 0 spiro atoms. The van der Waals surface area contributed by atoms with Crippen molar-refractivity contribution in [3.63, 3.8) is 0 Å². The molecule has 11 heavy (non-hydrogen) atoms. The largest absolute Gasteiger partial charge is 0.382 e. The highest BCUT2D eigenvalue weighted by molar-refractivity contribution is 7.58. The molecule has 0 aliphatic rings. The van der Waals surface area contributed by atoms with Gasteiger partial charge in [0.1, 0.15) is 5.85 Å². The second-order valence-corrected chi connectivity index (χ2v) is 6.44. The van der Waals surface area contributed by atoms with Gasteiger partial charge in [0, 0.05) is 6.16 Å². The standard InChI is InChI=1S/C7H17O3P/c1-5-11(9,10)6(8)7(2,3)4/h6,8H,5H2,1-4H3,(H,9,10). The van der Waals surface area contributed by atoms with E-state index in [1.165, 1.54) is 0 Å². The zero-order valence-corrected chi connectivity index (χ0v) is 8.43. The molecule has 0 saturated heterocycles. The molecule has 0 aromatic heterocycles. The third kappa shape index (κ3) is 2.94. The lowest BCUT2D eigenvalue weighted by atomic mass is 9.98. The maximum atomic E-state index is 11.2. The van der Waals surface area contributed by atoms with Crippen molar-refractivity contribution in [2.24, 2.45) is 5.41 Å². The van der Waals surface area contributed by atoms with Crippen LogP contribution in [0, 0.1) is 5.41 Å². The summed E-state index contributed by atoms with van der Waals surface area (Å²) in [5, 5.41) is 9.40. The van der Waals surface area contributed by atoms with Crippen molar-refractivity contribution < 1.29 is 14.6 Å². The van der Waals surface area contributed by atoms with E-state index < -0.39 is 18.6 Å². The van der Waals surface area contributed by atoms with Gasteiger partial charge in [-0.25, -0.2) is 0 Å². The minimum Gasteiger partial charge on any atom is -0.382 e. The highest BCUT2D eigenvalue weighted by atomic mass is 31.2. The summed E-state index contributed by atoms with van der Waals surface area (Å²) in [5.74, 6) is -1.11. The van der Waals surface area contributed by atoms with Gasteiger partial charge in [-0.15, -0.1) is 0 Å². The number of hydrogen-bond donors (Lipinski definition) is 2. The monoisotopic (exact) mass is 180 g/mol. The van der Waals surface area contributed by atoms with Crippen LogP contribution in [0.15, 0.2) is 0 Å². The van der Waals surface area contributed by atoms with Crippen LogP contribution in [0.3, 0.4) is 0 Å². The third-order valence-corrected chi connectivity index (χ3v) is 4.05. The van der Waals surface area contributed by atoms with Crippen LogP contribution in [0.25, 0.3) is 0 Å². The Kier molecular flexibility index (Phi) is 3.30. The third-order valence-electron chi connectivity index (χ3n) is 1.61. The smallest absolute Gasteiger partial charge is 0.228 e. The van der Waals surface area contributed by atoms with Crippen LogP contribution < -0.4 is 0 Å². The van der Waals surface area contributed by atoms with Gasteiger partial charge in [0.25, 0.3) is 0 Å². The summed E-state index contributed by atoms with van der Waals surface area (Å²) < 4.78 is 11.2. The lowest BCUT2D eigenvalue weighted by Crippen LogP contribution is -2.26. The summed E-state index contributed by atoms with van der Waals surface area (Å²) in [5.41, 5.74) is -0.514. The highest BCUT2D eigenvalue weighted by Crippen LogP contribution is 2.51. The molecule has 0 saturated carbocycles. The second kappa shape index (κ2) is 3.26. The molecule has 2 unspecified atom stereocenters. The van der Waals surface area contributed by atoms with Crippen molar-refractivity contribution in [3.8, 4) is 0 Å². The molecule has 4 heteroatoms. The van der Waals surface area contributed by atoms with Crippen LogP contribution in [0.5, 0.6) is 0 Å². The molecule has 2 atom stereocenters. The van der Waals surface area contributed by atoms with Crippen LogP contribution in [-0.2, 0) is 4.57 Å². The number of hydrogen-bond acceptors (Lipinski definition) is 2. The van der Waals surface area contributed by atoms with Crippen molar-refractivity contribution in [2.75, 3.05) is 6.16 Å². The molecule has 0 radical (unpaired) electrons. The fourth-order valence-corrected chi connectivity index (χ4v) is 2.33. The fraction of sp³-hybridized carbons (Fsp3) is 1.00. The average Bonchev–Trinajstić information content (AvgIpc) is 1.84. The minimum atomic E-state index is -3.33.